The zero-order chi connectivity index (χ0) is 16.9. The number of methoxy groups -OCH3 is 2. The Hall–Kier alpha value is -1.85. The summed E-state index contributed by atoms with van der Waals surface area (Å²) in [6.07, 6.45) is 0. The Balaban J connectivity index is 2.17. The first kappa shape index (κ1) is 17.5. The van der Waals surface area contributed by atoms with Gasteiger partial charge >= 0.3 is 7.60 Å². The summed E-state index contributed by atoms with van der Waals surface area (Å²) in [7, 11) is -1.25. The molecule has 2 aromatic rings. The van der Waals surface area contributed by atoms with Gasteiger partial charge in [-0.15, -0.1) is 0 Å². The zero-order valence-electron chi connectivity index (χ0n) is 13.0. The maximum atomic E-state index is 11.8. The second-order valence-corrected chi connectivity index (χ2v) is 6.69. The Bertz CT molecular complexity index is 683. The second-order valence-electron chi connectivity index (χ2n) is 5.00. The van der Waals surface area contributed by atoms with Crippen molar-refractivity contribution in [2.45, 2.75) is 12.3 Å². The minimum atomic E-state index is -4.36. The Morgan fingerprint density at radius 3 is 2.26 bits per heavy atom. The van der Waals surface area contributed by atoms with Gasteiger partial charge in [-0.1, -0.05) is 24.3 Å². The summed E-state index contributed by atoms with van der Waals surface area (Å²) in [6.45, 7) is 0.305. The van der Waals surface area contributed by atoms with E-state index in [2.05, 4.69) is 5.32 Å². The van der Waals surface area contributed by atoms with E-state index in [4.69, 9.17) is 9.47 Å². The smallest absolute Gasteiger partial charge is 0.346 e. The third-order valence-corrected chi connectivity index (χ3v) is 4.55. The van der Waals surface area contributed by atoms with Gasteiger partial charge in [-0.25, -0.2) is 0 Å². The number of hydrogen-bond acceptors (Lipinski definition) is 4. The van der Waals surface area contributed by atoms with E-state index in [0.717, 1.165) is 5.56 Å². The average molecular weight is 337 g/mol. The van der Waals surface area contributed by atoms with Crippen LogP contribution in [0.25, 0.3) is 0 Å². The SMILES string of the molecule is COc1ccc([C@@H](NCc2cccc(OC)c2)P(=O)(O)O)cc1. The molecule has 124 valence electrons. The Morgan fingerprint density at radius 1 is 1.04 bits per heavy atom. The standard InChI is InChI=1S/C16H20NO5P/c1-21-14-8-6-13(7-9-14)16(23(18,19)20)17-11-12-4-3-5-15(10-12)22-2/h3-10,16-17H,11H2,1-2H3,(H2,18,19,20)/t16-/m0/s1. The highest BCUT2D eigenvalue weighted by Crippen LogP contribution is 2.50. The first-order valence-electron chi connectivity index (χ1n) is 6.99. The fraction of sp³-hybridized carbons (Fsp3) is 0.250. The summed E-state index contributed by atoms with van der Waals surface area (Å²) in [4.78, 5) is 19.3. The first-order chi connectivity index (χ1) is 10.9. The number of ether oxygens (including phenoxy) is 2. The van der Waals surface area contributed by atoms with Gasteiger partial charge in [0.1, 0.15) is 17.3 Å². The fourth-order valence-corrected chi connectivity index (χ4v) is 3.10. The van der Waals surface area contributed by atoms with E-state index in [0.29, 0.717) is 23.6 Å². The van der Waals surface area contributed by atoms with Crippen LogP contribution in [0.4, 0.5) is 0 Å². The number of rotatable bonds is 7. The molecular formula is C16H20NO5P. The molecule has 6 nitrogen and oxygen atoms in total. The lowest BCUT2D eigenvalue weighted by molar-refractivity contribution is 0.347. The average Bonchev–Trinajstić information content (AvgIpc) is 2.54. The van der Waals surface area contributed by atoms with Gasteiger partial charge in [0.15, 0.2) is 0 Å². The molecule has 0 aliphatic carbocycles. The highest BCUT2D eigenvalue weighted by molar-refractivity contribution is 7.52. The molecular weight excluding hydrogens is 317 g/mol. The van der Waals surface area contributed by atoms with Crippen LogP contribution in [0.2, 0.25) is 0 Å². The summed E-state index contributed by atoms with van der Waals surface area (Å²) in [5, 5.41) is 2.92. The molecule has 2 aromatic carbocycles. The maximum absolute atomic E-state index is 11.8. The van der Waals surface area contributed by atoms with Gasteiger partial charge in [0.25, 0.3) is 0 Å². The van der Waals surface area contributed by atoms with Crippen LogP contribution in [0, 0.1) is 0 Å². The lowest BCUT2D eigenvalue weighted by Gasteiger charge is -2.21. The second kappa shape index (κ2) is 7.62. The minimum Gasteiger partial charge on any atom is -0.497 e. The van der Waals surface area contributed by atoms with E-state index < -0.39 is 13.4 Å². The topological polar surface area (TPSA) is 88.0 Å². The normalized spacial score (nSPS) is 12.7. The van der Waals surface area contributed by atoms with Crippen LogP contribution in [0.15, 0.2) is 48.5 Å². The van der Waals surface area contributed by atoms with Gasteiger partial charge in [-0.2, -0.15) is 0 Å². The lowest BCUT2D eigenvalue weighted by Crippen LogP contribution is -2.21. The third-order valence-electron chi connectivity index (χ3n) is 3.40. The molecule has 0 bridgehead atoms. The lowest BCUT2D eigenvalue weighted by atomic mass is 10.2. The van der Waals surface area contributed by atoms with Crippen molar-refractivity contribution >= 4 is 7.60 Å². The Morgan fingerprint density at radius 2 is 1.70 bits per heavy atom. The molecule has 2 rings (SSSR count). The molecule has 3 N–H and O–H groups in total. The molecule has 0 heterocycles. The van der Waals surface area contributed by atoms with Crippen LogP contribution >= 0.6 is 7.60 Å². The van der Waals surface area contributed by atoms with Crippen molar-refractivity contribution in [3.63, 3.8) is 0 Å². The van der Waals surface area contributed by atoms with Crippen molar-refractivity contribution in [1.29, 1.82) is 0 Å². The predicted octanol–water partition coefficient (Wildman–Crippen LogP) is 2.67. The Kier molecular flexibility index (Phi) is 5.80. The summed E-state index contributed by atoms with van der Waals surface area (Å²) < 4.78 is 22.0. The van der Waals surface area contributed by atoms with Crippen molar-refractivity contribution in [3.8, 4) is 11.5 Å². The molecule has 0 aliphatic heterocycles. The van der Waals surface area contributed by atoms with Gasteiger partial charge in [-0.3, -0.25) is 9.88 Å². The van der Waals surface area contributed by atoms with E-state index in [1.165, 1.54) is 7.11 Å². The van der Waals surface area contributed by atoms with Crippen molar-refractivity contribution in [2.24, 2.45) is 0 Å². The molecule has 0 aromatic heterocycles. The van der Waals surface area contributed by atoms with Crippen molar-refractivity contribution < 1.29 is 23.8 Å². The highest BCUT2D eigenvalue weighted by Gasteiger charge is 2.29. The monoisotopic (exact) mass is 337 g/mol. The predicted molar refractivity (Wildman–Crippen MR) is 87.6 cm³/mol. The molecule has 0 spiro atoms. The van der Waals surface area contributed by atoms with Crippen LogP contribution in [0.1, 0.15) is 16.9 Å². The van der Waals surface area contributed by atoms with Crippen LogP contribution < -0.4 is 14.8 Å². The third kappa shape index (κ3) is 4.81. The molecule has 0 saturated carbocycles. The number of nitrogens with one attached hydrogen (secondary N) is 1. The van der Waals surface area contributed by atoms with E-state index in [1.54, 1.807) is 31.4 Å². The molecule has 0 amide bonds. The molecule has 7 heteroatoms. The van der Waals surface area contributed by atoms with Gasteiger partial charge in [-0.05, 0) is 35.4 Å². The van der Waals surface area contributed by atoms with Crippen molar-refractivity contribution in [1.82, 2.24) is 5.32 Å². The van der Waals surface area contributed by atoms with Gasteiger partial charge in [0.05, 0.1) is 14.2 Å². The van der Waals surface area contributed by atoms with Gasteiger partial charge < -0.3 is 19.3 Å². The number of hydrogen-bond donors (Lipinski definition) is 3. The largest absolute Gasteiger partial charge is 0.497 e. The van der Waals surface area contributed by atoms with E-state index in [1.807, 2.05) is 24.3 Å². The van der Waals surface area contributed by atoms with Crippen molar-refractivity contribution in [2.75, 3.05) is 14.2 Å². The van der Waals surface area contributed by atoms with Gasteiger partial charge in [0, 0.05) is 6.54 Å². The van der Waals surface area contributed by atoms with E-state index in [9.17, 15) is 14.4 Å². The van der Waals surface area contributed by atoms with E-state index >= 15 is 0 Å². The summed E-state index contributed by atoms with van der Waals surface area (Å²) in [5.74, 6) is 0.243. The number of benzene rings is 2. The molecule has 23 heavy (non-hydrogen) atoms. The molecule has 0 radical (unpaired) electrons. The van der Waals surface area contributed by atoms with E-state index in [-0.39, 0.29) is 0 Å². The summed E-state index contributed by atoms with van der Waals surface area (Å²) >= 11 is 0. The molecule has 0 fully saturated rings. The van der Waals surface area contributed by atoms with Crippen LogP contribution in [0.5, 0.6) is 11.5 Å². The quantitative estimate of drug-likeness (QED) is 0.673. The highest BCUT2D eigenvalue weighted by atomic mass is 31.2. The van der Waals surface area contributed by atoms with Crippen LogP contribution in [-0.2, 0) is 11.1 Å². The first-order valence-corrected chi connectivity index (χ1v) is 8.67. The fourth-order valence-electron chi connectivity index (χ4n) is 2.21. The maximum Gasteiger partial charge on any atom is 0.346 e. The zero-order valence-corrected chi connectivity index (χ0v) is 13.9. The molecule has 0 aliphatic rings. The summed E-state index contributed by atoms with van der Waals surface area (Å²) in [5.41, 5.74) is 1.37. The molecule has 1 atom stereocenters. The van der Waals surface area contributed by atoms with Crippen molar-refractivity contribution in [3.05, 3.63) is 59.7 Å². The summed E-state index contributed by atoms with van der Waals surface area (Å²) in [6, 6.07) is 13.9. The van der Waals surface area contributed by atoms with Crippen LogP contribution in [-0.4, -0.2) is 24.0 Å². The molecule has 0 unspecified atom stereocenters. The Labute approximate surface area is 135 Å². The molecule has 0 saturated heterocycles. The van der Waals surface area contributed by atoms with Crippen LogP contribution in [0.3, 0.4) is 0 Å². The minimum absolute atomic E-state index is 0.305. The van der Waals surface area contributed by atoms with Gasteiger partial charge in [0.2, 0.25) is 0 Å².